The van der Waals surface area contributed by atoms with Crippen molar-refractivity contribution < 1.29 is 9.53 Å². The van der Waals surface area contributed by atoms with Gasteiger partial charge in [-0.3, -0.25) is 4.79 Å². The van der Waals surface area contributed by atoms with Gasteiger partial charge in [0.15, 0.2) is 5.82 Å². The molecule has 1 aliphatic heterocycles. The van der Waals surface area contributed by atoms with Crippen molar-refractivity contribution in [2.75, 3.05) is 17.9 Å². The summed E-state index contributed by atoms with van der Waals surface area (Å²) in [5, 5.41) is 12.3. The highest BCUT2D eigenvalue weighted by molar-refractivity contribution is 8.00. The summed E-state index contributed by atoms with van der Waals surface area (Å²) in [4.78, 5) is 13.2. The summed E-state index contributed by atoms with van der Waals surface area (Å²) >= 11 is 7.34. The molecule has 1 aliphatic rings. The molecular weight excluding hydrogens is 410 g/mol. The molecule has 0 saturated heterocycles. The molecule has 0 fully saturated rings. The molecule has 3 aromatic rings. The van der Waals surface area contributed by atoms with Crippen LogP contribution in [-0.2, 0) is 11.2 Å². The average Bonchev–Trinajstić information content (AvgIpc) is 3.16. The lowest BCUT2D eigenvalue weighted by Gasteiger charge is -2.33. The van der Waals surface area contributed by atoms with Gasteiger partial charge in [-0.05, 0) is 42.0 Å². The van der Waals surface area contributed by atoms with Gasteiger partial charge >= 0.3 is 0 Å². The topological polar surface area (TPSA) is 81.1 Å². The Bertz CT molecular complexity index is 1010. The minimum atomic E-state index is -0.444. The van der Waals surface area contributed by atoms with Crippen LogP contribution in [0, 0.1) is 0 Å². The number of benzene rings is 2. The van der Waals surface area contributed by atoms with Crippen LogP contribution in [0.25, 0.3) is 0 Å². The lowest BCUT2D eigenvalue weighted by Crippen LogP contribution is -2.41. The van der Waals surface area contributed by atoms with Crippen molar-refractivity contribution in [3.8, 4) is 5.75 Å². The number of thioether (sulfide) groups is 1. The van der Waals surface area contributed by atoms with Crippen LogP contribution in [0.4, 0.5) is 5.69 Å². The van der Waals surface area contributed by atoms with E-state index in [1.807, 2.05) is 35.9 Å². The van der Waals surface area contributed by atoms with Crippen LogP contribution >= 0.6 is 23.4 Å². The number of nitrogens with zero attached hydrogens (tertiary/aromatic N) is 3. The lowest BCUT2D eigenvalue weighted by molar-refractivity contribution is -0.116. The first-order valence-electron chi connectivity index (χ1n) is 9.17. The largest absolute Gasteiger partial charge is 0.497 e. The third kappa shape index (κ3) is 4.04. The third-order valence-corrected chi connectivity index (χ3v) is 6.13. The molecule has 0 aliphatic carbocycles. The van der Waals surface area contributed by atoms with Gasteiger partial charge in [0.25, 0.3) is 0 Å². The number of hydrogen-bond donors (Lipinski definition) is 2. The van der Waals surface area contributed by atoms with Gasteiger partial charge in [0, 0.05) is 17.1 Å². The molecule has 150 valence electrons. The second kappa shape index (κ2) is 8.34. The zero-order valence-corrected chi connectivity index (χ0v) is 17.5. The number of halogens is 1. The van der Waals surface area contributed by atoms with Crippen molar-refractivity contribution in [3.63, 3.8) is 0 Å². The molecule has 1 amide bonds. The summed E-state index contributed by atoms with van der Waals surface area (Å²) in [6.07, 6.45) is 0.734. The molecule has 0 bridgehead atoms. The number of carbonyl (C=O) groups is 1. The number of ether oxygens (including phenoxy) is 1. The Hall–Kier alpha value is -2.71. The fourth-order valence-electron chi connectivity index (χ4n) is 3.14. The first kappa shape index (κ1) is 19.6. The van der Waals surface area contributed by atoms with Crippen molar-refractivity contribution in [1.82, 2.24) is 14.9 Å². The second-order valence-corrected chi connectivity index (χ2v) is 8.05. The van der Waals surface area contributed by atoms with E-state index in [0.29, 0.717) is 15.9 Å². The van der Waals surface area contributed by atoms with E-state index in [2.05, 4.69) is 20.9 Å². The maximum absolute atomic E-state index is 13.2. The molecule has 2 atom stereocenters. The Morgan fingerprint density at radius 1 is 1.21 bits per heavy atom. The summed E-state index contributed by atoms with van der Waals surface area (Å²) in [6.45, 7) is 2.02. The smallest absolute Gasteiger partial charge is 0.240 e. The molecule has 7 nitrogen and oxygen atoms in total. The Morgan fingerprint density at radius 2 is 1.93 bits per heavy atom. The van der Waals surface area contributed by atoms with Gasteiger partial charge in [-0.2, -0.15) is 0 Å². The quantitative estimate of drug-likeness (QED) is 0.640. The molecule has 4 rings (SSSR count). The van der Waals surface area contributed by atoms with Crippen molar-refractivity contribution >= 4 is 35.0 Å². The van der Waals surface area contributed by atoms with Crippen LogP contribution in [0.3, 0.4) is 0 Å². The monoisotopic (exact) mass is 429 g/mol. The van der Waals surface area contributed by atoms with Crippen LogP contribution in [0.2, 0.25) is 5.02 Å². The maximum Gasteiger partial charge on any atom is 0.240 e. The van der Waals surface area contributed by atoms with E-state index in [1.54, 1.807) is 31.4 Å². The van der Waals surface area contributed by atoms with Gasteiger partial charge in [-0.1, -0.05) is 42.4 Å². The normalized spacial score (nSPS) is 17.9. The fraction of sp³-hybridized carbons (Fsp3) is 0.250. The number of nitrogens with one attached hydrogen (secondary N) is 2. The van der Waals surface area contributed by atoms with Crippen molar-refractivity contribution in [2.24, 2.45) is 0 Å². The Labute approximate surface area is 177 Å². The third-order valence-electron chi connectivity index (χ3n) is 4.67. The number of carbonyl (C=O) groups excluding carboxylic acids is 1. The van der Waals surface area contributed by atoms with Crippen molar-refractivity contribution in [2.45, 2.75) is 29.8 Å². The first-order chi connectivity index (χ1) is 14.1. The van der Waals surface area contributed by atoms with Gasteiger partial charge in [-0.15, -0.1) is 10.2 Å². The highest BCUT2D eigenvalue weighted by Crippen LogP contribution is 2.38. The molecule has 29 heavy (non-hydrogen) atoms. The molecule has 1 aromatic heterocycles. The molecule has 0 spiro atoms. The first-order valence-corrected chi connectivity index (χ1v) is 10.4. The van der Waals surface area contributed by atoms with E-state index in [0.717, 1.165) is 23.6 Å². The number of rotatable bonds is 5. The molecule has 2 heterocycles. The number of aryl methyl sites for hydroxylation is 1. The minimum absolute atomic E-state index is 0.127. The van der Waals surface area contributed by atoms with E-state index < -0.39 is 5.25 Å². The molecule has 0 saturated carbocycles. The average molecular weight is 430 g/mol. The van der Waals surface area contributed by atoms with E-state index in [1.165, 1.54) is 11.8 Å². The van der Waals surface area contributed by atoms with Crippen LogP contribution in [0.5, 0.6) is 5.75 Å². The maximum atomic E-state index is 13.2. The van der Waals surface area contributed by atoms with Gasteiger partial charge in [0.2, 0.25) is 11.1 Å². The number of anilines is 1. The van der Waals surface area contributed by atoms with Crippen LogP contribution in [-0.4, -0.2) is 33.1 Å². The predicted molar refractivity (Wildman–Crippen MR) is 114 cm³/mol. The van der Waals surface area contributed by atoms with Gasteiger partial charge in [-0.25, -0.2) is 4.68 Å². The van der Waals surface area contributed by atoms with Gasteiger partial charge < -0.3 is 15.5 Å². The molecular formula is C20H20ClN5O2S. The van der Waals surface area contributed by atoms with Crippen LogP contribution in [0.1, 0.15) is 24.4 Å². The van der Waals surface area contributed by atoms with Crippen LogP contribution < -0.4 is 15.5 Å². The zero-order chi connectivity index (χ0) is 20.4. The SMILES string of the molecule is CCc1nnc2n1N[C@H](c1ccc(OC)cc1)[C@H](C(=O)Nc1ccc(Cl)cc1)S2. The Morgan fingerprint density at radius 3 is 2.59 bits per heavy atom. The summed E-state index contributed by atoms with van der Waals surface area (Å²) in [6, 6.07) is 14.5. The van der Waals surface area contributed by atoms with Crippen LogP contribution in [0.15, 0.2) is 53.7 Å². The molecule has 0 unspecified atom stereocenters. The molecule has 0 radical (unpaired) electrons. The fourth-order valence-corrected chi connectivity index (χ4v) is 4.36. The molecule has 2 N–H and O–H groups in total. The summed E-state index contributed by atoms with van der Waals surface area (Å²) in [7, 11) is 1.63. The van der Waals surface area contributed by atoms with E-state index in [9.17, 15) is 4.79 Å². The standard InChI is InChI=1S/C20H20ClN5O2S/c1-3-16-23-24-20-26(16)25-17(12-4-10-15(28-2)11-5-12)18(29-20)19(27)22-14-8-6-13(21)7-9-14/h4-11,17-18,25H,3H2,1-2H3,(H,22,27)/t17-,18-/m1/s1. The van der Waals surface area contributed by atoms with Crippen molar-refractivity contribution in [3.05, 3.63) is 64.9 Å². The highest BCUT2D eigenvalue weighted by Gasteiger charge is 2.37. The van der Waals surface area contributed by atoms with Gasteiger partial charge in [0.05, 0.1) is 13.2 Å². The van der Waals surface area contributed by atoms with E-state index in [4.69, 9.17) is 16.3 Å². The Kier molecular flexibility index (Phi) is 5.64. The molecule has 2 aromatic carbocycles. The number of fused-ring (bicyclic) bond motifs is 1. The lowest BCUT2D eigenvalue weighted by atomic mass is 10.0. The highest BCUT2D eigenvalue weighted by atomic mass is 35.5. The number of hydrogen-bond acceptors (Lipinski definition) is 6. The summed E-state index contributed by atoms with van der Waals surface area (Å²) in [5.41, 5.74) is 5.08. The minimum Gasteiger partial charge on any atom is -0.497 e. The second-order valence-electron chi connectivity index (χ2n) is 6.50. The number of methoxy groups -OCH3 is 1. The summed E-state index contributed by atoms with van der Waals surface area (Å²) in [5.74, 6) is 1.46. The van der Waals surface area contributed by atoms with E-state index >= 15 is 0 Å². The van der Waals surface area contributed by atoms with Gasteiger partial charge in [0.1, 0.15) is 11.0 Å². The van der Waals surface area contributed by atoms with E-state index in [-0.39, 0.29) is 11.9 Å². The Balaban J connectivity index is 1.65. The number of amides is 1. The predicted octanol–water partition coefficient (Wildman–Crippen LogP) is 3.90. The zero-order valence-electron chi connectivity index (χ0n) is 15.9. The molecule has 9 heteroatoms. The summed E-state index contributed by atoms with van der Waals surface area (Å²) < 4.78 is 7.13. The number of aromatic nitrogens is 3. The van der Waals surface area contributed by atoms with Crippen molar-refractivity contribution in [1.29, 1.82) is 0 Å².